The number of fused-ring (bicyclic) bond motifs is 1. The Balaban J connectivity index is 2.24. The topological polar surface area (TPSA) is 71.6 Å². The lowest BCUT2D eigenvalue weighted by Crippen LogP contribution is -2.38. The summed E-state index contributed by atoms with van der Waals surface area (Å²) in [5.74, 6) is 1.11. The van der Waals surface area contributed by atoms with Gasteiger partial charge in [-0.3, -0.25) is 0 Å². The summed E-state index contributed by atoms with van der Waals surface area (Å²) in [4.78, 5) is 7.10. The van der Waals surface area contributed by atoms with E-state index < -0.39 is 5.60 Å². The molecule has 0 spiro atoms. The Morgan fingerprint density at radius 2 is 1.75 bits per heavy atom. The average Bonchev–Trinajstić information content (AvgIpc) is 2.68. The fourth-order valence-electron chi connectivity index (χ4n) is 3.66. The summed E-state index contributed by atoms with van der Waals surface area (Å²) < 4.78 is 5.90. The van der Waals surface area contributed by atoms with Gasteiger partial charge in [-0.15, -0.1) is 0 Å². The number of aliphatic hydroxyl groups is 1. The lowest BCUT2D eigenvalue weighted by atomic mass is 9.93. The SMILES string of the molecule is CCCCOc1cc2c(CCC(C)(C)O)cc(CCCCN(C)C(C)(C)C)cc2nc1N. The molecular formula is C27H45N3O2. The fraction of sp³-hybridized carbons (Fsp3) is 0.667. The van der Waals surface area contributed by atoms with Crippen LogP contribution in [0.25, 0.3) is 10.9 Å². The van der Waals surface area contributed by atoms with Crippen molar-refractivity contribution in [1.82, 2.24) is 9.88 Å². The standard InChI is InChI=1S/C27H45N3O2/c1-8-9-16-32-24-19-22-21(13-14-27(5,6)31)17-20(18-23(22)29-25(24)28)12-10-11-15-30(7)26(2,3)4/h17-19,31H,8-16H2,1-7H3,(H2,28,29). The Morgan fingerprint density at radius 3 is 2.38 bits per heavy atom. The van der Waals surface area contributed by atoms with E-state index in [1.54, 1.807) is 0 Å². The zero-order valence-corrected chi connectivity index (χ0v) is 21.4. The number of benzene rings is 1. The monoisotopic (exact) mass is 443 g/mol. The maximum Gasteiger partial charge on any atom is 0.166 e. The van der Waals surface area contributed by atoms with Gasteiger partial charge in [-0.2, -0.15) is 0 Å². The van der Waals surface area contributed by atoms with Crippen LogP contribution in [0.1, 0.15) is 84.8 Å². The number of nitrogen functional groups attached to an aromatic ring is 1. The van der Waals surface area contributed by atoms with E-state index in [-0.39, 0.29) is 5.54 Å². The number of unbranched alkanes of at least 4 members (excludes halogenated alkanes) is 2. The number of nitrogens with two attached hydrogens (primary N) is 1. The van der Waals surface area contributed by atoms with Crippen LogP contribution in [0.4, 0.5) is 5.82 Å². The van der Waals surface area contributed by atoms with Gasteiger partial charge in [0.25, 0.3) is 0 Å². The van der Waals surface area contributed by atoms with Gasteiger partial charge in [-0.05, 0) is 110 Å². The number of ether oxygens (including phenoxy) is 1. The zero-order valence-electron chi connectivity index (χ0n) is 21.4. The minimum atomic E-state index is -0.707. The number of hydrogen-bond donors (Lipinski definition) is 2. The van der Waals surface area contributed by atoms with Crippen molar-refractivity contribution < 1.29 is 9.84 Å². The summed E-state index contributed by atoms with van der Waals surface area (Å²) in [6.07, 6.45) is 6.85. The first-order valence-electron chi connectivity index (χ1n) is 12.2. The highest BCUT2D eigenvalue weighted by molar-refractivity contribution is 5.86. The highest BCUT2D eigenvalue weighted by atomic mass is 16.5. The predicted octanol–water partition coefficient (Wildman–Crippen LogP) is 5.75. The number of rotatable bonds is 12. The van der Waals surface area contributed by atoms with Crippen LogP contribution >= 0.6 is 0 Å². The first-order chi connectivity index (χ1) is 14.9. The predicted molar refractivity (Wildman–Crippen MR) is 136 cm³/mol. The van der Waals surface area contributed by atoms with Crippen molar-refractivity contribution in [2.24, 2.45) is 0 Å². The van der Waals surface area contributed by atoms with Gasteiger partial charge in [0.1, 0.15) is 0 Å². The third kappa shape index (κ3) is 8.25. The fourth-order valence-corrected chi connectivity index (χ4v) is 3.66. The second-order valence-corrected chi connectivity index (χ2v) is 10.8. The summed E-state index contributed by atoms with van der Waals surface area (Å²) in [5, 5.41) is 11.4. The lowest BCUT2D eigenvalue weighted by molar-refractivity contribution is 0.0715. The summed E-state index contributed by atoms with van der Waals surface area (Å²) >= 11 is 0. The summed E-state index contributed by atoms with van der Waals surface area (Å²) in [5.41, 5.74) is 9.13. The van der Waals surface area contributed by atoms with E-state index in [4.69, 9.17) is 15.5 Å². The molecule has 0 aliphatic heterocycles. The molecule has 1 heterocycles. The molecule has 32 heavy (non-hydrogen) atoms. The van der Waals surface area contributed by atoms with Crippen LogP contribution in [0.3, 0.4) is 0 Å². The van der Waals surface area contributed by atoms with Crippen LogP contribution in [0.5, 0.6) is 5.75 Å². The lowest BCUT2D eigenvalue weighted by Gasteiger charge is -2.31. The Labute approximate surface area is 195 Å². The molecule has 0 fully saturated rings. The Bertz CT molecular complexity index is 866. The van der Waals surface area contributed by atoms with E-state index in [1.807, 2.05) is 19.9 Å². The van der Waals surface area contributed by atoms with Gasteiger partial charge in [0.05, 0.1) is 17.7 Å². The van der Waals surface area contributed by atoms with Crippen molar-refractivity contribution in [1.29, 1.82) is 0 Å². The molecule has 0 radical (unpaired) electrons. The molecule has 2 rings (SSSR count). The molecule has 0 unspecified atom stereocenters. The number of aromatic nitrogens is 1. The van der Waals surface area contributed by atoms with Crippen LogP contribution in [-0.2, 0) is 12.8 Å². The van der Waals surface area contributed by atoms with Crippen molar-refractivity contribution in [3.05, 3.63) is 29.3 Å². The molecule has 1 aromatic heterocycles. The third-order valence-corrected chi connectivity index (χ3v) is 6.19. The van der Waals surface area contributed by atoms with Gasteiger partial charge in [-0.1, -0.05) is 19.4 Å². The maximum atomic E-state index is 10.3. The molecule has 5 nitrogen and oxygen atoms in total. The first-order valence-corrected chi connectivity index (χ1v) is 12.2. The molecule has 180 valence electrons. The highest BCUT2D eigenvalue weighted by Gasteiger charge is 2.17. The smallest absolute Gasteiger partial charge is 0.166 e. The minimum Gasteiger partial charge on any atom is -0.490 e. The van der Waals surface area contributed by atoms with Crippen LogP contribution in [-0.4, -0.2) is 46.3 Å². The van der Waals surface area contributed by atoms with Crippen molar-refractivity contribution in [3.63, 3.8) is 0 Å². The van der Waals surface area contributed by atoms with Crippen molar-refractivity contribution in [2.45, 2.75) is 97.6 Å². The molecule has 0 amide bonds. The number of nitrogens with zero attached hydrogens (tertiary/aromatic N) is 2. The van der Waals surface area contributed by atoms with Crippen molar-refractivity contribution in [2.75, 3.05) is 25.9 Å². The largest absolute Gasteiger partial charge is 0.490 e. The molecule has 0 saturated carbocycles. The van der Waals surface area contributed by atoms with E-state index in [0.717, 1.165) is 56.0 Å². The van der Waals surface area contributed by atoms with Crippen LogP contribution in [0.2, 0.25) is 0 Å². The average molecular weight is 444 g/mol. The molecular weight excluding hydrogens is 398 g/mol. The zero-order chi connectivity index (χ0) is 23.9. The molecule has 0 aliphatic rings. The van der Waals surface area contributed by atoms with Crippen LogP contribution < -0.4 is 10.5 Å². The van der Waals surface area contributed by atoms with E-state index in [2.05, 4.69) is 51.8 Å². The van der Waals surface area contributed by atoms with E-state index in [1.165, 1.54) is 11.1 Å². The van der Waals surface area contributed by atoms with E-state index in [9.17, 15) is 5.11 Å². The summed E-state index contributed by atoms with van der Waals surface area (Å²) in [7, 11) is 2.19. The van der Waals surface area contributed by atoms with Gasteiger partial charge in [0.15, 0.2) is 11.6 Å². The summed E-state index contributed by atoms with van der Waals surface area (Å²) in [6.45, 7) is 14.4. The molecule has 0 aliphatic carbocycles. The first kappa shape index (κ1) is 26.4. The van der Waals surface area contributed by atoms with Crippen molar-refractivity contribution >= 4 is 16.7 Å². The molecule has 3 N–H and O–H groups in total. The quantitative estimate of drug-likeness (QED) is 0.409. The molecule has 1 aromatic carbocycles. The minimum absolute atomic E-state index is 0.200. The Morgan fingerprint density at radius 1 is 1.03 bits per heavy atom. The Hall–Kier alpha value is -1.85. The van der Waals surface area contributed by atoms with Crippen LogP contribution in [0.15, 0.2) is 18.2 Å². The van der Waals surface area contributed by atoms with E-state index >= 15 is 0 Å². The van der Waals surface area contributed by atoms with Gasteiger partial charge in [0.2, 0.25) is 0 Å². The Kier molecular flexibility index (Phi) is 9.35. The second kappa shape index (κ2) is 11.3. The second-order valence-electron chi connectivity index (χ2n) is 10.8. The molecule has 2 aromatic rings. The maximum absolute atomic E-state index is 10.3. The van der Waals surface area contributed by atoms with Crippen LogP contribution in [0, 0.1) is 0 Å². The van der Waals surface area contributed by atoms with Gasteiger partial charge >= 0.3 is 0 Å². The molecule has 0 atom stereocenters. The number of anilines is 1. The molecule has 0 bridgehead atoms. The van der Waals surface area contributed by atoms with Gasteiger partial charge in [0, 0.05) is 10.9 Å². The van der Waals surface area contributed by atoms with Crippen molar-refractivity contribution in [3.8, 4) is 5.75 Å². The third-order valence-electron chi connectivity index (χ3n) is 6.19. The van der Waals surface area contributed by atoms with Gasteiger partial charge < -0.3 is 20.5 Å². The number of aryl methyl sites for hydroxylation is 2. The molecule has 5 heteroatoms. The highest BCUT2D eigenvalue weighted by Crippen LogP contribution is 2.30. The van der Waals surface area contributed by atoms with Gasteiger partial charge in [-0.25, -0.2) is 4.98 Å². The number of pyridine rings is 1. The number of hydrogen-bond acceptors (Lipinski definition) is 5. The van der Waals surface area contributed by atoms with E-state index in [0.29, 0.717) is 24.6 Å². The normalized spacial score (nSPS) is 12.7. The molecule has 0 saturated heterocycles. The summed E-state index contributed by atoms with van der Waals surface area (Å²) in [6, 6.07) is 6.49.